The number of amides is 1. The van der Waals surface area contributed by atoms with Crippen LogP contribution in [-0.2, 0) is 9.63 Å². The van der Waals surface area contributed by atoms with E-state index in [1.54, 1.807) is 0 Å². The number of carbonyl (C=O) groups is 1. The molecule has 0 aliphatic carbocycles. The average molecular weight is 364 g/mol. The van der Waals surface area contributed by atoms with Crippen molar-refractivity contribution in [3.8, 4) is 0 Å². The quantitative estimate of drug-likeness (QED) is 0.213. The molecule has 4 heteroatoms. The zero-order chi connectivity index (χ0) is 19.1. The van der Waals surface area contributed by atoms with E-state index in [1.807, 2.05) is 0 Å². The van der Waals surface area contributed by atoms with Crippen molar-refractivity contribution in [1.82, 2.24) is 5.48 Å². The molecule has 0 saturated carbocycles. The zero-order valence-electron chi connectivity index (χ0n) is 16.4. The maximum atomic E-state index is 11.3. The molecule has 0 fully saturated rings. The molecule has 0 unspecified atom stereocenters. The van der Waals surface area contributed by atoms with Crippen LogP contribution in [0.1, 0.15) is 71.1 Å². The molecule has 0 aromatic heterocycles. The first kappa shape index (κ1) is 24.4. The third-order valence-corrected chi connectivity index (χ3v) is 3.61. The highest BCUT2D eigenvalue weighted by Gasteiger charge is 1.98. The van der Waals surface area contributed by atoms with Gasteiger partial charge in [-0.2, -0.15) is 0 Å². The van der Waals surface area contributed by atoms with Crippen LogP contribution in [0.4, 0.5) is 0 Å². The Morgan fingerprint density at radius 3 is 1.92 bits per heavy atom. The maximum absolute atomic E-state index is 11.3. The number of unbranched alkanes of at least 4 members (excludes halogenated alkanes) is 4. The summed E-state index contributed by atoms with van der Waals surface area (Å²) in [5.74, 6) is -0.144. The number of hydroxylamine groups is 1. The van der Waals surface area contributed by atoms with E-state index in [9.17, 15) is 4.79 Å². The van der Waals surface area contributed by atoms with Gasteiger partial charge in [0.25, 0.3) is 0 Å². The lowest BCUT2D eigenvalue weighted by Crippen LogP contribution is -2.24. The molecule has 0 aliphatic heterocycles. The summed E-state index contributed by atoms with van der Waals surface area (Å²) in [6, 6.07) is 0. The van der Waals surface area contributed by atoms with Crippen molar-refractivity contribution in [2.24, 2.45) is 0 Å². The number of hydrogen-bond acceptors (Lipinski definition) is 3. The van der Waals surface area contributed by atoms with Crippen LogP contribution in [0, 0.1) is 0 Å². The molecule has 0 heterocycles. The van der Waals surface area contributed by atoms with E-state index in [0.717, 1.165) is 32.1 Å². The van der Waals surface area contributed by atoms with E-state index in [-0.39, 0.29) is 19.1 Å². The van der Waals surface area contributed by atoms with E-state index in [4.69, 9.17) is 9.94 Å². The lowest BCUT2D eigenvalue weighted by Gasteiger charge is -2.02. The largest absolute Gasteiger partial charge is 0.394 e. The Kier molecular flexibility index (Phi) is 20.0. The molecule has 0 aromatic rings. The van der Waals surface area contributed by atoms with Gasteiger partial charge in [-0.1, -0.05) is 68.4 Å². The second-order valence-corrected chi connectivity index (χ2v) is 6.08. The smallest absolute Gasteiger partial charge is 0.243 e. The Balaban J connectivity index is 3.44. The van der Waals surface area contributed by atoms with Crippen LogP contribution in [-0.4, -0.2) is 24.2 Å². The van der Waals surface area contributed by atoms with Crippen LogP contribution in [0.5, 0.6) is 0 Å². The second kappa shape index (κ2) is 21.4. The van der Waals surface area contributed by atoms with Gasteiger partial charge in [0, 0.05) is 6.42 Å². The summed E-state index contributed by atoms with van der Waals surface area (Å²) in [5, 5.41) is 8.51. The monoisotopic (exact) mass is 363 g/mol. The fraction of sp³-hybridized carbons (Fsp3) is 0.591. The van der Waals surface area contributed by atoms with Gasteiger partial charge in [-0.05, 0) is 44.9 Å². The van der Waals surface area contributed by atoms with Gasteiger partial charge in [0.2, 0.25) is 5.91 Å². The summed E-state index contributed by atoms with van der Waals surface area (Å²) in [6.45, 7) is 2.26. The van der Waals surface area contributed by atoms with Crippen molar-refractivity contribution >= 4 is 5.91 Å². The molecule has 4 nitrogen and oxygen atoms in total. The topological polar surface area (TPSA) is 58.6 Å². The molecule has 0 atom stereocenters. The number of carbonyl (C=O) groups excluding carboxylic acids is 1. The first-order valence-corrected chi connectivity index (χ1v) is 9.92. The Labute approximate surface area is 159 Å². The molecule has 0 rings (SSSR count). The molecular weight excluding hydrogens is 326 g/mol. The van der Waals surface area contributed by atoms with Gasteiger partial charge in [-0.3, -0.25) is 9.63 Å². The van der Waals surface area contributed by atoms with Gasteiger partial charge in [0.1, 0.15) is 0 Å². The van der Waals surface area contributed by atoms with Gasteiger partial charge in [-0.25, -0.2) is 5.48 Å². The Bertz CT molecular complexity index is 425. The molecule has 0 aliphatic rings. The van der Waals surface area contributed by atoms with Crippen molar-refractivity contribution in [2.45, 2.75) is 71.1 Å². The highest BCUT2D eigenvalue weighted by molar-refractivity contribution is 5.74. The molecule has 1 amide bonds. The second-order valence-electron chi connectivity index (χ2n) is 6.08. The van der Waals surface area contributed by atoms with Gasteiger partial charge < -0.3 is 5.11 Å². The van der Waals surface area contributed by atoms with Crippen molar-refractivity contribution in [2.75, 3.05) is 13.2 Å². The minimum Gasteiger partial charge on any atom is -0.394 e. The van der Waals surface area contributed by atoms with Crippen LogP contribution >= 0.6 is 0 Å². The summed E-state index contributed by atoms with van der Waals surface area (Å²) < 4.78 is 0. The number of rotatable bonds is 17. The van der Waals surface area contributed by atoms with Crippen molar-refractivity contribution < 1.29 is 14.7 Å². The molecule has 26 heavy (non-hydrogen) atoms. The summed E-state index contributed by atoms with van der Waals surface area (Å²) in [4.78, 5) is 16.1. The van der Waals surface area contributed by atoms with Crippen molar-refractivity contribution in [3.63, 3.8) is 0 Å². The van der Waals surface area contributed by atoms with E-state index in [1.165, 1.54) is 25.7 Å². The minimum absolute atomic E-state index is 0.0947. The Morgan fingerprint density at radius 1 is 0.846 bits per heavy atom. The lowest BCUT2D eigenvalue weighted by atomic mass is 10.2. The number of aliphatic hydroxyl groups excluding tert-OH is 1. The van der Waals surface area contributed by atoms with E-state index >= 15 is 0 Å². The van der Waals surface area contributed by atoms with Crippen LogP contribution < -0.4 is 5.48 Å². The molecule has 148 valence electrons. The lowest BCUT2D eigenvalue weighted by molar-refractivity contribution is -0.134. The van der Waals surface area contributed by atoms with E-state index in [2.05, 4.69) is 61.0 Å². The van der Waals surface area contributed by atoms with Gasteiger partial charge in [0.15, 0.2) is 0 Å². The molecule has 0 bridgehead atoms. The fourth-order valence-corrected chi connectivity index (χ4v) is 2.17. The molecule has 0 saturated heterocycles. The summed E-state index contributed by atoms with van der Waals surface area (Å²) >= 11 is 0. The highest BCUT2D eigenvalue weighted by Crippen LogP contribution is 2.01. The summed E-state index contributed by atoms with van der Waals surface area (Å²) in [6.07, 6.45) is 27.7. The third-order valence-electron chi connectivity index (χ3n) is 3.61. The van der Waals surface area contributed by atoms with Gasteiger partial charge >= 0.3 is 0 Å². The van der Waals surface area contributed by atoms with Gasteiger partial charge in [0.05, 0.1) is 13.2 Å². The maximum Gasteiger partial charge on any atom is 0.243 e. The molecular formula is C22H37NO3. The normalized spacial score (nSPS) is 12.2. The number of hydrogen-bond donors (Lipinski definition) is 2. The SMILES string of the molecule is CCCCC/C=C/C/C=C/C/C=C/C/C=C/CCCC(=O)NOCCO. The van der Waals surface area contributed by atoms with Crippen LogP contribution in [0.25, 0.3) is 0 Å². The third kappa shape index (κ3) is 20.4. The first-order chi connectivity index (χ1) is 12.8. The highest BCUT2D eigenvalue weighted by atomic mass is 16.7. The fourth-order valence-electron chi connectivity index (χ4n) is 2.17. The predicted molar refractivity (Wildman–Crippen MR) is 110 cm³/mol. The number of aliphatic hydroxyl groups is 1. The minimum atomic E-state index is -0.144. The Morgan fingerprint density at radius 2 is 1.38 bits per heavy atom. The van der Waals surface area contributed by atoms with Crippen molar-refractivity contribution in [1.29, 1.82) is 0 Å². The molecule has 0 aromatic carbocycles. The number of allylic oxidation sites excluding steroid dienone is 8. The van der Waals surface area contributed by atoms with Crippen LogP contribution in [0.2, 0.25) is 0 Å². The van der Waals surface area contributed by atoms with Crippen molar-refractivity contribution in [3.05, 3.63) is 48.6 Å². The number of nitrogens with one attached hydrogen (secondary N) is 1. The summed E-state index contributed by atoms with van der Waals surface area (Å²) in [7, 11) is 0. The van der Waals surface area contributed by atoms with Gasteiger partial charge in [-0.15, -0.1) is 0 Å². The Hall–Kier alpha value is -1.65. The molecule has 2 N–H and O–H groups in total. The van der Waals surface area contributed by atoms with E-state index in [0.29, 0.717) is 6.42 Å². The molecule has 0 spiro atoms. The molecule has 0 radical (unpaired) electrons. The predicted octanol–water partition coefficient (Wildman–Crippen LogP) is 5.17. The van der Waals surface area contributed by atoms with Crippen LogP contribution in [0.3, 0.4) is 0 Å². The standard InChI is InChI=1S/C22H37NO3/c1-2-3-4-5-6-7-8-9-10-11-12-13-14-15-16-17-18-19-22(25)23-26-21-20-24/h6-7,9-10,12-13,15-16,24H,2-5,8,11,14,17-21H2,1H3,(H,23,25)/b7-6+,10-9+,13-12+,16-15+. The van der Waals surface area contributed by atoms with E-state index < -0.39 is 0 Å². The zero-order valence-corrected chi connectivity index (χ0v) is 16.4. The summed E-state index contributed by atoms with van der Waals surface area (Å²) in [5.41, 5.74) is 2.29. The van der Waals surface area contributed by atoms with Crippen LogP contribution in [0.15, 0.2) is 48.6 Å². The first-order valence-electron chi connectivity index (χ1n) is 9.92. The average Bonchev–Trinajstić information content (AvgIpc) is 2.64.